The highest BCUT2D eigenvalue weighted by Gasteiger charge is 2.18. The molecule has 7 nitrogen and oxygen atoms in total. The van der Waals surface area contributed by atoms with Crippen molar-refractivity contribution < 1.29 is 9.18 Å². The van der Waals surface area contributed by atoms with Crippen molar-refractivity contribution in [1.29, 1.82) is 0 Å². The van der Waals surface area contributed by atoms with Gasteiger partial charge in [0.15, 0.2) is 5.65 Å². The summed E-state index contributed by atoms with van der Waals surface area (Å²) in [5.41, 5.74) is 3.77. The Hall–Kier alpha value is -3.59. The Labute approximate surface area is 174 Å². The Morgan fingerprint density at radius 1 is 1.07 bits per heavy atom. The lowest BCUT2D eigenvalue weighted by molar-refractivity contribution is 0.103. The van der Waals surface area contributed by atoms with Crippen LogP contribution in [-0.4, -0.2) is 30.5 Å². The van der Waals surface area contributed by atoms with Gasteiger partial charge in [0.1, 0.15) is 10.6 Å². The Morgan fingerprint density at radius 2 is 1.80 bits per heavy atom. The number of aromatic nitrogens is 5. The number of hydrogen-bond donors (Lipinski definition) is 1. The molecular formula is C21H17FN6OS. The summed E-state index contributed by atoms with van der Waals surface area (Å²) < 4.78 is 16.7. The summed E-state index contributed by atoms with van der Waals surface area (Å²) in [4.78, 5) is 18.7. The van der Waals surface area contributed by atoms with Crippen molar-refractivity contribution in [2.75, 3.05) is 5.32 Å². The molecule has 150 valence electrons. The molecule has 0 aliphatic carbocycles. The SMILES string of the molecule is Cc1nn(C)c2ncc(NC(=O)c3cc4c(C)nn(-c5ccc(F)cc5)c4s3)cc12. The van der Waals surface area contributed by atoms with Crippen LogP contribution in [0, 0.1) is 19.7 Å². The molecule has 1 amide bonds. The molecule has 5 rings (SSSR count). The maximum atomic E-state index is 13.3. The number of benzene rings is 1. The van der Waals surface area contributed by atoms with Crippen molar-refractivity contribution in [1.82, 2.24) is 24.5 Å². The van der Waals surface area contributed by atoms with Crippen molar-refractivity contribution in [3.8, 4) is 5.69 Å². The number of pyridine rings is 1. The Morgan fingerprint density at radius 3 is 2.57 bits per heavy atom. The van der Waals surface area contributed by atoms with Gasteiger partial charge in [-0.3, -0.25) is 9.48 Å². The van der Waals surface area contributed by atoms with Crippen LogP contribution in [-0.2, 0) is 7.05 Å². The van der Waals surface area contributed by atoms with E-state index in [1.54, 1.807) is 27.7 Å². The third-order valence-electron chi connectivity index (χ3n) is 4.96. The van der Waals surface area contributed by atoms with Gasteiger partial charge in [0.25, 0.3) is 5.91 Å². The van der Waals surface area contributed by atoms with Crippen LogP contribution in [0.4, 0.5) is 10.1 Å². The molecule has 0 aliphatic rings. The van der Waals surface area contributed by atoms with Crippen LogP contribution in [0.5, 0.6) is 0 Å². The fourth-order valence-electron chi connectivity index (χ4n) is 3.49. The van der Waals surface area contributed by atoms with Crippen LogP contribution < -0.4 is 5.32 Å². The van der Waals surface area contributed by atoms with E-state index < -0.39 is 0 Å². The van der Waals surface area contributed by atoms with Crippen molar-refractivity contribution >= 4 is 44.2 Å². The van der Waals surface area contributed by atoms with Crippen LogP contribution in [0.1, 0.15) is 21.1 Å². The van der Waals surface area contributed by atoms with Crippen LogP contribution in [0.25, 0.3) is 26.9 Å². The van der Waals surface area contributed by atoms with Gasteiger partial charge in [0.2, 0.25) is 0 Å². The molecule has 4 heterocycles. The number of halogens is 1. The number of carbonyl (C=O) groups is 1. The van der Waals surface area contributed by atoms with E-state index in [1.807, 2.05) is 33.0 Å². The molecule has 5 aromatic rings. The lowest BCUT2D eigenvalue weighted by Gasteiger charge is -2.04. The molecule has 0 fully saturated rings. The molecule has 0 bridgehead atoms. The van der Waals surface area contributed by atoms with E-state index >= 15 is 0 Å². The van der Waals surface area contributed by atoms with Gasteiger partial charge in [-0.2, -0.15) is 10.2 Å². The number of anilines is 1. The zero-order valence-corrected chi connectivity index (χ0v) is 17.3. The number of aryl methyl sites for hydroxylation is 3. The van der Waals surface area contributed by atoms with Crippen molar-refractivity contribution in [2.24, 2.45) is 7.05 Å². The van der Waals surface area contributed by atoms with Gasteiger partial charge in [-0.05, 0) is 50.2 Å². The Kier molecular flexibility index (Phi) is 4.14. The van der Waals surface area contributed by atoms with E-state index in [9.17, 15) is 9.18 Å². The van der Waals surface area contributed by atoms with Gasteiger partial charge in [0, 0.05) is 17.8 Å². The number of fused-ring (bicyclic) bond motifs is 2. The molecule has 0 unspecified atom stereocenters. The number of nitrogens with one attached hydrogen (secondary N) is 1. The smallest absolute Gasteiger partial charge is 0.265 e. The molecule has 4 aromatic heterocycles. The lowest BCUT2D eigenvalue weighted by atomic mass is 10.2. The molecule has 1 aromatic carbocycles. The van der Waals surface area contributed by atoms with E-state index in [4.69, 9.17) is 0 Å². The summed E-state index contributed by atoms with van der Waals surface area (Å²) in [5.74, 6) is -0.525. The molecule has 9 heteroatoms. The second-order valence-electron chi connectivity index (χ2n) is 7.06. The maximum Gasteiger partial charge on any atom is 0.265 e. The van der Waals surface area contributed by atoms with Gasteiger partial charge in [0.05, 0.1) is 33.8 Å². The summed E-state index contributed by atoms with van der Waals surface area (Å²) in [5, 5.41) is 13.6. The fraction of sp³-hybridized carbons (Fsp3) is 0.143. The van der Waals surface area contributed by atoms with E-state index in [0.29, 0.717) is 10.6 Å². The zero-order chi connectivity index (χ0) is 21.0. The molecule has 0 saturated heterocycles. The van der Waals surface area contributed by atoms with E-state index in [1.165, 1.54) is 23.5 Å². The first-order valence-electron chi connectivity index (χ1n) is 9.26. The molecule has 30 heavy (non-hydrogen) atoms. The van der Waals surface area contributed by atoms with Crippen LogP contribution in [0.2, 0.25) is 0 Å². The average Bonchev–Trinajstić information content (AvgIpc) is 3.37. The van der Waals surface area contributed by atoms with Crippen LogP contribution >= 0.6 is 11.3 Å². The van der Waals surface area contributed by atoms with Gasteiger partial charge in [-0.1, -0.05) is 0 Å². The van der Waals surface area contributed by atoms with Crippen molar-refractivity contribution in [2.45, 2.75) is 13.8 Å². The third-order valence-corrected chi connectivity index (χ3v) is 6.07. The highest BCUT2D eigenvalue weighted by Crippen LogP contribution is 2.31. The molecule has 0 radical (unpaired) electrons. The Balaban J connectivity index is 1.49. The van der Waals surface area contributed by atoms with Gasteiger partial charge in [-0.25, -0.2) is 14.1 Å². The van der Waals surface area contributed by atoms with Crippen molar-refractivity contribution in [3.05, 3.63) is 64.7 Å². The number of hydrogen-bond acceptors (Lipinski definition) is 5. The first-order valence-corrected chi connectivity index (χ1v) is 10.1. The minimum absolute atomic E-state index is 0.219. The molecule has 0 aliphatic heterocycles. The Bertz CT molecular complexity index is 1430. The molecule has 1 N–H and O–H groups in total. The quantitative estimate of drug-likeness (QED) is 0.470. The summed E-state index contributed by atoms with van der Waals surface area (Å²) in [6.45, 7) is 3.80. The third kappa shape index (κ3) is 2.94. The topological polar surface area (TPSA) is 77.6 Å². The highest BCUT2D eigenvalue weighted by molar-refractivity contribution is 7.20. The molecule has 0 spiro atoms. The summed E-state index contributed by atoms with van der Waals surface area (Å²) in [6, 6.07) is 9.82. The number of rotatable bonds is 3. The van der Waals surface area contributed by atoms with E-state index in [0.717, 1.165) is 38.3 Å². The number of thiophene rings is 1. The fourth-order valence-corrected chi connectivity index (χ4v) is 4.56. The summed E-state index contributed by atoms with van der Waals surface area (Å²) >= 11 is 1.34. The standard InChI is InChI=1S/C21H17FN6OS/c1-11-16-8-14(10-23-19(16)27(3)25-11)24-20(29)18-9-17-12(2)26-28(21(17)30-18)15-6-4-13(22)5-7-15/h4-10H,1-3H3,(H,24,29). The van der Waals surface area contributed by atoms with E-state index in [2.05, 4.69) is 20.5 Å². The second kappa shape index (κ2) is 6.74. The number of amides is 1. The largest absolute Gasteiger partial charge is 0.320 e. The monoisotopic (exact) mass is 420 g/mol. The lowest BCUT2D eigenvalue weighted by Crippen LogP contribution is -2.10. The minimum Gasteiger partial charge on any atom is -0.320 e. The maximum absolute atomic E-state index is 13.3. The summed E-state index contributed by atoms with van der Waals surface area (Å²) in [6.07, 6.45) is 1.63. The predicted octanol–water partition coefficient (Wildman–Crippen LogP) is 4.38. The van der Waals surface area contributed by atoms with Gasteiger partial charge >= 0.3 is 0 Å². The van der Waals surface area contributed by atoms with Gasteiger partial charge < -0.3 is 5.32 Å². The predicted molar refractivity (Wildman–Crippen MR) is 115 cm³/mol. The summed E-state index contributed by atoms with van der Waals surface area (Å²) in [7, 11) is 1.84. The molecule has 0 atom stereocenters. The minimum atomic E-state index is -0.306. The number of carbonyl (C=O) groups excluding carboxylic acids is 1. The first-order chi connectivity index (χ1) is 14.4. The second-order valence-corrected chi connectivity index (χ2v) is 8.09. The molecule has 0 saturated carbocycles. The normalized spacial score (nSPS) is 11.5. The zero-order valence-electron chi connectivity index (χ0n) is 16.5. The van der Waals surface area contributed by atoms with Crippen LogP contribution in [0.15, 0.2) is 42.6 Å². The van der Waals surface area contributed by atoms with Crippen LogP contribution in [0.3, 0.4) is 0 Å². The van der Waals surface area contributed by atoms with Crippen molar-refractivity contribution in [3.63, 3.8) is 0 Å². The number of nitrogens with zero attached hydrogens (tertiary/aromatic N) is 5. The molecular weight excluding hydrogens is 403 g/mol. The van der Waals surface area contributed by atoms with Gasteiger partial charge in [-0.15, -0.1) is 11.3 Å². The average molecular weight is 420 g/mol. The van der Waals surface area contributed by atoms with E-state index in [-0.39, 0.29) is 11.7 Å². The first kappa shape index (κ1) is 18.4. The highest BCUT2D eigenvalue weighted by atomic mass is 32.1.